The monoisotopic (exact) mass is 366 g/mol. The van der Waals surface area contributed by atoms with Crippen molar-refractivity contribution in [1.29, 1.82) is 0 Å². The smallest absolute Gasteiger partial charge is 0.271 e. The Morgan fingerprint density at radius 3 is 2.63 bits per heavy atom. The van der Waals surface area contributed by atoms with Crippen LogP contribution in [0.2, 0.25) is 0 Å². The van der Waals surface area contributed by atoms with E-state index >= 15 is 0 Å². The summed E-state index contributed by atoms with van der Waals surface area (Å²) < 4.78 is 0.732. The number of rotatable bonds is 3. The van der Waals surface area contributed by atoms with Gasteiger partial charge in [0.05, 0.1) is 9.78 Å². The molecule has 19 heavy (non-hydrogen) atoms. The highest BCUT2D eigenvalue weighted by Gasteiger charge is 2.01. The number of nitrogens with one attached hydrogen (secondary N) is 1. The summed E-state index contributed by atoms with van der Waals surface area (Å²) in [6.07, 6.45) is 1.53. The van der Waals surface area contributed by atoms with E-state index in [1.54, 1.807) is 42.5 Å². The van der Waals surface area contributed by atoms with Gasteiger partial charge < -0.3 is 5.11 Å². The van der Waals surface area contributed by atoms with Crippen molar-refractivity contribution in [2.75, 3.05) is 0 Å². The molecule has 0 aromatic heterocycles. The van der Waals surface area contributed by atoms with Crippen LogP contribution in [0.3, 0.4) is 0 Å². The first-order chi connectivity index (χ1) is 9.16. The maximum atomic E-state index is 11.7. The maximum absolute atomic E-state index is 11.7. The summed E-state index contributed by atoms with van der Waals surface area (Å²) >= 11 is 2.03. The first kappa shape index (κ1) is 13.5. The SMILES string of the molecule is O=C(NN=Cc1ccc(O)c(I)c1)c1ccccc1. The molecule has 0 aliphatic heterocycles. The van der Waals surface area contributed by atoms with Crippen LogP contribution >= 0.6 is 22.6 Å². The van der Waals surface area contributed by atoms with Crippen molar-refractivity contribution in [2.45, 2.75) is 0 Å². The van der Waals surface area contributed by atoms with Crippen molar-refractivity contribution in [2.24, 2.45) is 5.10 Å². The number of carbonyl (C=O) groups is 1. The summed E-state index contributed by atoms with van der Waals surface area (Å²) in [7, 11) is 0. The fraction of sp³-hybridized carbons (Fsp3) is 0. The molecule has 0 saturated carbocycles. The van der Waals surface area contributed by atoms with Gasteiger partial charge in [0.25, 0.3) is 5.91 Å². The second-order valence-corrected chi connectivity index (χ2v) is 4.94. The third kappa shape index (κ3) is 3.78. The molecule has 0 atom stereocenters. The highest BCUT2D eigenvalue weighted by molar-refractivity contribution is 14.1. The fourth-order valence-electron chi connectivity index (χ4n) is 1.42. The fourth-order valence-corrected chi connectivity index (χ4v) is 1.96. The van der Waals surface area contributed by atoms with Gasteiger partial charge in [0.1, 0.15) is 5.75 Å². The molecule has 0 bridgehead atoms. The van der Waals surface area contributed by atoms with Crippen LogP contribution in [0.5, 0.6) is 5.75 Å². The van der Waals surface area contributed by atoms with Crippen molar-refractivity contribution in [3.8, 4) is 5.75 Å². The van der Waals surface area contributed by atoms with Crippen LogP contribution in [0, 0.1) is 3.57 Å². The van der Waals surface area contributed by atoms with Crippen LogP contribution in [-0.2, 0) is 0 Å². The summed E-state index contributed by atoms with van der Waals surface area (Å²) in [5, 5.41) is 13.3. The van der Waals surface area contributed by atoms with Crippen LogP contribution in [0.1, 0.15) is 15.9 Å². The van der Waals surface area contributed by atoms with Crippen LogP contribution < -0.4 is 5.43 Å². The molecule has 0 spiro atoms. The summed E-state index contributed by atoms with van der Waals surface area (Å²) in [5.41, 5.74) is 3.80. The average Bonchev–Trinajstić information content (AvgIpc) is 2.43. The maximum Gasteiger partial charge on any atom is 0.271 e. The van der Waals surface area contributed by atoms with Crippen molar-refractivity contribution in [1.82, 2.24) is 5.43 Å². The lowest BCUT2D eigenvalue weighted by Gasteiger charge is -2.00. The quantitative estimate of drug-likeness (QED) is 0.499. The predicted molar refractivity (Wildman–Crippen MR) is 82.3 cm³/mol. The molecule has 2 N–H and O–H groups in total. The van der Waals surface area contributed by atoms with Crippen molar-refractivity contribution >= 4 is 34.7 Å². The highest BCUT2D eigenvalue weighted by atomic mass is 127. The Bertz CT molecular complexity index is 612. The molecule has 0 heterocycles. The first-order valence-electron chi connectivity index (χ1n) is 5.54. The van der Waals surface area contributed by atoms with Gasteiger partial charge in [0.15, 0.2) is 0 Å². The summed E-state index contributed by atoms with van der Waals surface area (Å²) in [5.74, 6) is -0.0311. The number of aromatic hydroxyl groups is 1. The summed E-state index contributed by atoms with van der Waals surface area (Å²) in [6.45, 7) is 0. The molecule has 5 heteroatoms. The zero-order chi connectivity index (χ0) is 13.7. The number of phenolic OH excluding ortho intramolecular Hbond substituents is 1. The minimum Gasteiger partial charge on any atom is -0.507 e. The largest absolute Gasteiger partial charge is 0.507 e. The van der Waals surface area contributed by atoms with Gasteiger partial charge in [-0.05, 0) is 58.5 Å². The van der Waals surface area contributed by atoms with Gasteiger partial charge in [-0.25, -0.2) is 5.43 Å². The van der Waals surface area contributed by atoms with E-state index in [2.05, 4.69) is 10.5 Å². The molecular formula is C14H11IN2O2. The molecule has 0 unspecified atom stereocenters. The molecule has 0 radical (unpaired) electrons. The molecule has 0 saturated heterocycles. The van der Waals surface area contributed by atoms with E-state index in [1.807, 2.05) is 28.7 Å². The lowest BCUT2D eigenvalue weighted by Crippen LogP contribution is -2.17. The van der Waals surface area contributed by atoms with E-state index in [4.69, 9.17) is 0 Å². The molecule has 0 aliphatic rings. The Morgan fingerprint density at radius 1 is 1.21 bits per heavy atom. The second-order valence-electron chi connectivity index (χ2n) is 3.78. The normalized spacial score (nSPS) is 10.6. The third-order valence-corrected chi connectivity index (χ3v) is 3.25. The minimum atomic E-state index is -0.259. The van der Waals surface area contributed by atoms with Gasteiger partial charge in [-0.15, -0.1) is 0 Å². The Morgan fingerprint density at radius 2 is 1.95 bits per heavy atom. The molecule has 2 rings (SSSR count). The number of halogens is 1. The second kappa shape index (κ2) is 6.33. The lowest BCUT2D eigenvalue weighted by atomic mass is 10.2. The zero-order valence-electron chi connectivity index (χ0n) is 9.88. The number of hydrazone groups is 1. The molecule has 96 valence electrons. The minimum absolute atomic E-state index is 0.228. The van der Waals surface area contributed by atoms with E-state index in [0.29, 0.717) is 5.56 Å². The number of phenols is 1. The van der Waals surface area contributed by atoms with Gasteiger partial charge in [-0.1, -0.05) is 18.2 Å². The molecule has 0 fully saturated rings. The van der Waals surface area contributed by atoms with Crippen LogP contribution in [-0.4, -0.2) is 17.2 Å². The average molecular weight is 366 g/mol. The van der Waals surface area contributed by atoms with Gasteiger partial charge in [0.2, 0.25) is 0 Å². The summed E-state index contributed by atoms with van der Waals surface area (Å²) in [4.78, 5) is 11.7. The third-order valence-electron chi connectivity index (χ3n) is 2.39. The number of amides is 1. The molecule has 2 aromatic rings. The summed E-state index contributed by atoms with van der Waals surface area (Å²) in [6, 6.07) is 13.9. The molecular weight excluding hydrogens is 355 g/mol. The number of hydrogen-bond acceptors (Lipinski definition) is 3. The van der Waals surface area contributed by atoms with Gasteiger partial charge in [-0.2, -0.15) is 5.10 Å². The van der Waals surface area contributed by atoms with Crippen LogP contribution in [0.4, 0.5) is 0 Å². The molecule has 1 amide bonds. The van der Waals surface area contributed by atoms with Gasteiger partial charge >= 0.3 is 0 Å². The number of hydrogen-bond donors (Lipinski definition) is 2. The lowest BCUT2D eigenvalue weighted by molar-refractivity contribution is 0.0955. The van der Waals surface area contributed by atoms with Crippen molar-refractivity contribution in [3.63, 3.8) is 0 Å². The standard InChI is InChI=1S/C14H11IN2O2/c15-12-8-10(6-7-13(12)18)9-16-17-14(19)11-4-2-1-3-5-11/h1-9,18H,(H,17,19). The van der Waals surface area contributed by atoms with E-state index in [0.717, 1.165) is 9.13 Å². The molecule has 0 aliphatic carbocycles. The van der Waals surface area contributed by atoms with Gasteiger partial charge in [-0.3, -0.25) is 4.79 Å². The zero-order valence-corrected chi connectivity index (χ0v) is 12.0. The van der Waals surface area contributed by atoms with E-state index in [-0.39, 0.29) is 11.7 Å². The van der Waals surface area contributed by atoms with E-state index in [1.165, 1.54) is 6.21 Å². The van der Waals surface area contributed by atoms with E-state index in [9.17, 15) is 9.90 Å². The van der Waals surface area contributed by atoms with Crippen LogP contribution in [0.25, 0.3) is 0 Å². The highest BCUT2D eigenvalue weighted by Crippen LogP contribution is 2.19. The first-order valence-corrected chi connectivity index (χ1v) is 6.61. The number of nitrogens with zero attached hydrogens (tertiary/aromatic N) is 1. The Labute approximate surface area is 124 Å². The molecule has 4 nitrogen and oxygen atoms in total. The number of carbonyl (C=O) groups excluding carboxylic acids is 1. The van der Waals surface area contributed by atoms with E-state index < -0.39 is 0 Å². The molecule has 2 aromatic carbocycles. The van der Waals surface area contributed by atoms with Gasteiger partial charge in [0, 0.05) is 5.56 Å². The van der Waals surface area contributed by atoms with Crippen molar-refractivity contribution in [3.05, 3.63) is 63.2 Å². The predicted octanol–water partition coefficient (Wildman–Crippen LogP) is 2.76. The Hall–Kier alpha value is -1.89. The Balaban J connectivity index is 2.00. The van der Waals surface area contributed by atoms with Crippen molar-refractivity contribution < 1.29 is 9.90 Å². The Kier molecular flexibility index (Phi) is 4.51. The van der Waals surface area contributed by atoms with Crippen LogP contribution in [0.15, 0.2) is 53.6 Å². The topological polar surface area (TPSA) is 61.7 Å². The number of benzene rings is 2.